The Balaban J connectivity index is 2.56. The number of allylic oxidation sites excluding steroid dienone is 2. The molecule has 0 saturated carbocycles. The van der Waals surface area contributed by atoms with Gasteiger partial charge in [-0.2, -0.15) is 5.26 Å². The maximum absolute atomic E-state index is 12.7. The fourth-order valence-electron chi connectivity index (χ4n) is 2.90. The van der Waals surface area contributed by atoms with Crippen molar-refractivity contribution < 1.29 is 23.7 Å². The van der Waals surface area contributed by atoms with Gasteiger partial charge in [0.25, 0.3) is 0 Å². The molecule has 1 heterocycles. The lowest BCUT2D eigenvalue weighted by atomic mass is 9.82. The highest BCUT2D eigenvalue weighted by atomic mass is 79.9. The molecule has 2 N–H and O–H groups in total. The van der Waals surface area contributed by atoms with Gasteiger partial charge >= 0.3 is 5.97 Å². The van der Waals surface area contributed by atoms with Crippen LogP contribution in [0.25, 0.3) is 0 Å². The van der Waals surface area contributed by atoms with Crippen LogP contribution < -0.4 is 10.5 Å². The van der Waals surface area contributed by atoms with Gasteiger partial charge in [0.05, 0.1) is 24.7 Å². The quantitative estimate of drug-likeness (QED) is 0.477. The SMILES string of the molecule is CCOCCOc1ccc(Br)cc1C1C(C#N)=C(N)OC(C)=C1C(=O)OCC. The maximum Gasteiger partial charge on any atom is 0.338 e. The van der Waals surface area contributed by atoms with Crippen LogP contribution in [-0.2, 0) is 19.0 Å². The molecule has 28 heavy (non-hydrogen) atoms. The normalized spacial score (nSPS) is 16.5. The van der Waals surface area contributed by atoms with Gasteiger partial charge in [0, 0.05) is 16.6 Å². The smallest absolute Gasteiger partial charge is 0.338 e. The molecule has 0 amide bonds. The predicted molar refractivity (Wildman–Crippen MR) is 106 cm³/mol. The molecule has 0 aliphatic carbocycles. The van der Waals surface area contributed by atoms with E-state index in [1.54, 1.807) is 26.0 Å². The summed E-state index contributed by atoms with van der Waals surface area (Å²) in [6.07, 6.45) is 0. The van der Waals surface area contributed by atoms with Gasteiger partial charge in [-0.1, -0.05) is 15.9 Å². The van der Waals surface area contributed by atoms with E-state index >= 15 is 0 Å². The van der Waals surface area contributed by atoms with E-state index in [9.17, 15) is 10.1 Å². The second kappa shape index (κ2) is 10.2. The number of benzene rings is 1. The van der Waals surface area contributed by atoms with Crippen LogP contribution in [0.5, 0.6) is 5.75 Å². The Bertz CT molecular complexity index is 841. The molecule has 0 aromatic heterocycles. The molecule has 1 aromatic rings. The van der Waals surface area contributed by atoms with E-state index < -0.39 is 11.9 Å². The van der Waals surface area contributed by atoms with Crippen molar-refractivity contribution in [1.82, 2.24) is 0 Å². The molecule has 2 rings (SSSR count). The topological polar surface area (TPSA) is 104 Å². The first-order valence-corrected chi connectivity index (χ1v) is 9.69. The van der Waals surface area contributed by atoms with E-state index in [1.807, 2.05) is 13.0 Å². The van der Waals surface area contributed by atoms with E-state index in [0.717, 1.165) is 4.47 Å². The van der Waals surface area contributed by atoms with Crippen LogP contribution in [-0.4, -0.2) is 32.4 Å². The van der Waals surface area contributed by atoms with Crippen molar-refractivity contribution >= 4 is 21.9 Å². The number of hydrogen-bond acceptors (Lipinski definition) is 7. The lowest BCUT2D eigenvalue weighted by Crippen LogP contribution is -2.26. The molecule has 0 spiro atoms. The first-order chi connectivity index (χ1) is 13.4. The number of hydrogen-bond donors (Lipinski definition) is 1. The van der Waals surface area contributed by atoms with Crippen molar-refractivity contribution in [2.75, 3.05) is 26.4 Å². The molecule has 7 nitrogen and oxygen atoms in total. The van der Waals surface area contributed by atoms with E-state index in [1.165, 1.54) is 0 Å². The highest BCUT2D eigenvalue weighted by Gasteiger charge is 2.38. The van der Waals surface area contributed by atoms with Crippen LogP contribution in [0.1, 0.15) is 32.3 Å². The Morgan fingerprint density at radius 1 is 1.32 bits per heavy atom. The average molecular weight is 451 g/mol. The van der Waals surface area contributed by atoms with E-state index in [0.29, 0.717) is 36.9 Å². The van der Waals surface area contributed by atoms with Gasteiger partial charge in [-0.3, -0.25) is 0 Å². The van der Waals surface area contributed by atoms with Crippen LogP contribution in [0.3, 0.4) is 0 Å². The van der Waals surface area contributed by atoms with E-state index in [2.05, 4.69) is 22.0 Å². The molecule has 0 fully saturated rings. The van der Waals surface area contributed by atoms with Crippen molar-refractivity contribution in [2.45, 2.75) is 26.7 Å². The number of esters is 1. The molecule has 0 bridgehead atoms. The molecule has 1 aromatic carbocycles. The lowest BCUT2D eigenvalue weighted by molar-refractivity contribution is -0.139. The predicted octanol–water partition coefficient (Wildman–Crippen LogP) is 3.51. The first-order valence-electron chi connectivity index (χ1n) is 8.89. The summed E-state index contributed by atoms with van der Waals surface area (Å²) in [6.45, 7) is 6.76. The number of nitrogens with two attached hydrogens (primary N) is 1. The second-order valence-electron chi connectivity index (χ2n) is 5.84. The number of carbonyl (C=O) groups is 1. The molecule has 0 saturated heterocycles. The van der Waals surface area contributed by atoms with Gasteiger partial charge in [-0.15, -0.1) is 0 Å². The average Bonchev–Trinajstić information content (AvgIpc) is 2.65. The number of ether oxygens (including phenoxy) is 4. The van der Waals surface area contributed by atoms with Crippen LogP contribution in [0.2, 0.25) is 0 Å². The lowest BCUT2D eigenvalue weighted by Gasteiger charge is -2.28. The Morgan fingerprint density at radius 3 is 2.71 bits per heavy atom. The zero-order chi connectivity index (χ0) is 20.7. The van der Waals surface area contributed by atoms with Gasteiger partial charge in [-0.05, 0) is 39.0 Å². The Morgan fingerprint density at radius 2 is 2.07 bits per heavy atom. The maximum atomic E-state index is 12.7. The zero-order valence-electron chi connectivity index (χ0n) is 16.1. The Hall–Kier alpha value is -2.50. The van der Waals surface area contributed by atoms with E-state index in [4.69, 9.17) is 24.7 Å². The summed E-state index contributed by atoms with van der Waals surface area (Å²) in [6, 6.07) is 7.45. The molecule has 1 aliphatic heterocycles. The first kappa shape index (κ1) is 21.8. The van der Waals surface area contributed by atoms with Crippen molar-refractivity contribution in [1.29, 1.82) is 5.26 Å². The summed E-state index contributed by atoms with van der Waals surface area (Å²) in [4.78, 5) is 12.7. The standard InChI is InChI=1S/C20H23BrN2O5/c1-4-25-8-9-27-16-7-6-13(21)10-14(16)18-15(11-22)19(23)28-12(3)17(18)20(24)26-5-2/h6-7,10,18H,4-5,8-9,23H2,1-3H3. The van der Waals surface area contributed by atoms with Gasteiger partial charge in [-0.25, -0.2) is 4.79 Å². The Labute approximate surface area is 172 Å². The third-order valence-corrected chi connectivity index (χ3v) is 4.57. The third kappa shape index (κ3) is 4.86. The summed E-state index contributed by atoms with van der Waals surface area (Å²) in [5.74, 6) is -0.564. The summed E-state index contributed by atoms with van der Waals surface area (Å²) in [5, 5.41) is 9.70. The minimum absolute atomic E-state index is 0.0432. The fraction of sp³-hybridized carbons (Fsp3) is 0.400. The van der Waals surface area contributed by atoms with Crippen molar-refractivity contribution in [3.63, 3.8) is 0 Å². The summed E-state index contributed by atoms with van der Waals surface area (Å²) in [7, 11) is 0. The van der Waals surface area contributed by atoms with Gasteiger partial charge in [0.1, 0.15) is 29.8 Å². The number of nitriles is 1. The molecule has 1 aliphatic rings. The fourth-order valence-corrected chi connectivity index (χ4v) is 3.28. The van der Waals surface area contributed by atoms with Crippen LogP contribution >= 0.6 is 15.9 Å². The Kier molecular flexibility index (Phi) is 7.91. The van der Waals surface area contributed by atoms with Gasteiger partial charge in [0.15, 0.2) is 0 Å². The monoisotopic (exact) mass is 450 g/mol. The number of rotatable bonds is 8. The van der Waals surface area contributed by atoms with Crippen molar-refractivity contribution in [3.05, 3.63) is 51.0 Å². The zero-order valence-corrected chi connectivity index (χ0v) is 17.7. The van der Waals surface area contributed by atoms with Crippen LogP contribution in [0, 0.1) is 11.3 Å². The molecule has 8 heteroatoms. The minimum Gasteiger partial charge on any atom is -0.491 e. The van der Waals surface area contributed by atoms with Crippen LogP contribution in [0.15, 0.2) is 45.5 Å². The summed E-state index contributed by atoms with van der Waals surface area (Å²) < 4.78 is 22.6. The van der Waals surface area contributed by atoms with Crippen molar-refractivity contribution in [3.8, 4) is 11.8 Å². The molecule has 0 radical (unpaired) electrons. The highest BCUT2D eigenvalue weighted by molar-refractivity contribution is 9.10. The molecular formula is C20H23BrN2O5. The van der Waals surface area contributed by atoms with E-state index in [-0.39, 0.29) is 23.6 Å². The largest absolute Gasteiger partial charge is 0.491 e. The second-order valence-corrected chi connectivity index (χ2v) is 6.76. The summed E-state index contributed by atoms with van der Waals surface area (Å²) in [5.41, 5.74) is 6.90. The summed E-state index contributed by atoms with van der Waals surface area (Å²) >= 11 is 3.44. The molecule has 1 unspecified atom stereocenters. The van der Waals surface area contributed by atoms with Gasteiger partial charge < -0.3 is 24.7 Å². The van der Waals surface area contributed by atoms with Crippen LogP contribution in [0.4, 0.5) is 0 Å². The van der Waals surface area contributed by atoms with Gasteiger partial charge in [0.2, 0.25) is 5.88 Å². The third-order valence-electron chi connectivity index (χ3n) is 4.07. The number of nitrogens with zero attached hydrogens (tertiary/aromatic N) is 1. The molecule has 1 atom stereocenters. The molecular weight excluding hydrogens is 428 g/mol. The number of carbonyl (C=O) groups excluding carboxylic acids is 1. The van der Waals surface area contributed by atoms with Crippen molar-refractivity contribution in [2.24, 2.45) is 5.73 Å². The molecule has 150 valence electrons. The highest BCUT2D eigenvalue weighted by Crippen LogP contribution is 2.43. The number of halogens is 1. The minimum atomic E-state index is -0.766.